The molecule has 7 nitrogen and oxygen atoms in total. The van der Waals surface area contributed by atoms with E-state index in [1.54, 1.807) is 24.3 Å². The number of hydrogen-bond acceptors (Lipinski definition) is 6. The van der Waals surface area contributed by atoms with E-state index in [4.69, 9.17) is 0 Å². The van der Waals surface area contributed by atoms with Crippen LogP contribution in [0.3, 0.4) is 0 Å². The third kappa shape index (κ3) is 5.37. The van der Waals surface area contributed by atoms with Crippen molar-refractivity contribution in [2.24, 2.45) is 0 Å². The fourth-order valence-electron chi connectivity index (χ4n) is 3.45. The van der Waals surface area contributed by atoms with Crippen molar-refractivity contribution in [1.82, 2.24) is 9.97 Å². The molecule has 1 unspecified atom stereocenters. The Morgan fingerprint density at radius 1 is 1.06 bits per heavy atom. The smallest absolute Gasteiger partial charge is 0.260 e. The third-order valence-corrected chi connectivity index (χ3v) is 7.30. The summed E-state index contributed by atoms with van der Waals surface area (Å²) in [5.74, 6) is -0.344. The van der Waals surface area contributed by atoms with Crippen LogP contribution in [0.5, 0.6) is 0 Å². The molecule has 0 aliphatic carbocycles. The molecule has 0 spiro atoms. The van der Waals surface area contributed by atoms with Crippen molar-refractivity contribution in [1.29, 1.82) is 0 Å². The fraction of sp³-hybridized carbons (Fsp3) is 0.200. The third-order valence-electron chi connectivity index (χ3n) is 5.17. The number of carbonyl (C=O) groups is 2. The maximum Gasteiger partial charge on any atom is 0.260 e. The van der Waals surface area contributed by atoms with E-state index in [0.717, 1.165) is 16.7 Å². The Labute approximate surface area is 205 Å². The Balaban J connectivity index is 1.51. The van der Waals surface area contributed by atoms with E-state index in [0.29, 0.717) is 33.2 Å². The first-order valence-corrected chi connectivity index (χ1v) is 12.5. The lowest BCUT2D eigenvalue weighted by atomic mass is 10.1. The van der Waals surface area contributed by atoms with Crippen molar-refractivity contribution in [3.8, 4) is 11.1 Å². The lowest BCUT2D eigenvalue weighted by molar-refractivity contribution is -0.116. The van der Waals surface area contributed by atoms with Crippen molar-refractivity contribution >= 4 is 56.5 Å². The molecule has 1 atom stereocenters. The molecule has 0 fully saturated rings. The van der Waals surface area contributed by atoms with Crippen molar-refractivity contribution in [3.05, 3.63) is 69.8 Å². The predicted molar refractivity (Wildman–Crippen MR) is 140 cm³/mol. The number of aromatic nitrogens is 2. The molecule has 0 radical (unpaired) electrons. The SMILES string of the molecule is CCC(Sc1nc2scc(-c3ccc(C)cc3)c2c(=O)[nH]1)C(=O)Nc1ccc(NC(C)=O)cc1. The number of aryl methyl sites for hydroxylation is 1. The van der Waals surface area contributed by atoms with Gasteiger partial charge in [0.15, 0.2) is 5.16 Å². The van der Waals surface area contributed by atoms with Gasteiger partial charge < -0.3 is 15.6 Å². The van der Waals surface area contributed by atoms with Crippen LogP contribution < -0.4 is 16.2 Å². The monoisotopic (exact) mass is 492 g/mol. The van der Waals surface area contributed by atoms with Crippen LogP contribution in [0.25, 0.3) is 21.3 Å². The maximum absolute atomic E-state index is 12.9. The Kier molecular flexibility index (Phi) is 7.14. The van der Waals surface area contributed by atoms with Gasteiger partial charge in [0.25, 0.3) is 5.56 Å². The van der Waals surface area contributed by atoms with E-state index in [1.807, 2.05) is 43.5 Å². The molecular formula is C25H24N4O3S2. The van der Waals surface area contributed by atoms with E-state index in [1.165, 1.54) is 30.0 Å². The zero-order valence-corrected chi connectivity index (χ0v) is 20.6. The molecule has 9 heteroatoms. The Morgan fingerprint density at radius 2 is 1.71 bits per heavy atom. The number of anilines is 2. The summed E-state index contributed by atoms with van der Waals surface area (Å²) in [6, 6.07) is 14.9. The number of carbonyl (C=O) groups excluding carboxylic acids is 2. The van der Waals surface area contributed by atoms with Crippen LogP contribution in [0, 0.1) is 6.92 Å². The standard InChI is InChI=1S/C25H24N4O3S2/c1-4-20(22(31)27-18-11-9-17(10-12-18)26-15(3)30)34-25-28-23(32)21-19(13-33-24(21)29-25)16-7-5-14(2)6-8-16/h5-13,20H,4H2,1-3H3,(H,26,30)(H,27,31)(H,28,29,32). The summed E-state index contributed by atoms with van der Waals surface area (Å²) in [6.07, 6.45) is 0.557. The van der Waals surface area contributed by atoms with Crippen LogP contribution in [-0.4, -0.2) is 27.0 Å². The molecule has 0 saturated heterocycles. The van der Waals surface area contributed by atoms with Gasteiger partial charge >= 0.3 is 0 Å². The molecule has 4 aromatic rings. The van der Waals surface area contributed by atoms with Crippen LogP contribution in [0.1, 0.15) is 25.8 Å². The fourth-order valence-corrected chi connectivity index (χ4v) is 5.35. The van der Waals surface area contributed by atoms with Crippen molar-refractivity contribution in [2.75, 3.05) is 10.6 Å². The summed E-state index contributed by atoms with van der Waals surface area (Å²) in [5.41, 5.74) is 4.05. The number of hydrogen-bond donors (Lipinski definition) is 3. The number of thioether (sulfide) groups is 1. The highest BCUT2D eigenvalue weighted by Gasteiger charge is 2.21. The molecule has 2 aromatic heterocycles. The van der Waals surface area contributed by atoms with Crippen LogP contribution in [0.15, 0.2) is 63.9 Å². The Morgan fingerprint density at radius 3 is 2.32 bits per heavy atom. The highest BCUT2D eigenvalue weighted by Crippen LogP contribution is 2.32. The number of benzene rings is 2. The van der Waals surface area contributed by atoms with E-state index >= 15 is 0 Å². The van der Waals surface area contributed by atoms with Crippen molar-refractivity contribution < 1.29 is 9.59 Å². The molecule has 3 N–H and O–H groups in total. The summed E-state index contributed by atoms with van der Waals surface area (Å²) >= 11 is 2.65. The molecule has 0 aliphatic rings. The van der Waals surface area contributed by atoms with E-state index < -0.39 is 5.25 Å². The highest BCUT2D eigenvalue weighted by molar-refractivity contribution is 8.00. The van der Waals surface area contributed by atoms with Gasteiger partial charge in [0, 0.05) is 29.2 Å². The van der Waals surface area contributed by atoms with Gasteiger partial charge in [-0.1, -0.05) is 48.5 Å². The second-order valence-electron chi connectivity index (χ2n) is 7.83. The first-order valence-electron chi connectivity index (χ1n) is 10.8. The van der Waals surface area contributed by atoms with Gasteiger partial charge in [0.1, 0.15) is 4.83 Å². The topological polar surface area (TPSA) is 104 Å². The van der Waals surface area contributed by atoms with E-state index in [-0.39, 0.29) is 17.4 Å². The average molecular weight is 493 g/mol. The largest absolute Gasteiger partial charge is 0.326 e. The zero-order valence-electron chi connectivity index (χ0n) is 19.0. The Bertz CT molecular complexity index is 1390. The number of nitrogens with one attached hydrogen (secondary N) is 3. The zero-order chi connectivity index (χ0) is 24.2. The summed E-state index contributed by atoms with van der Waals surface area (Å²) < 4.78 is 0. The minimum absolute atomic E-state index is 0.158. The quantitative estimate of drug-likeness (QED) is 0.236. The number of amides is 2. The lowest BCUT2D eigenvalue weighted by Gasteiger charge is -2.14. The number of fused-ring (bicyclic) bond motifs is 1. The van der Waals surface area contributed by atoms with Gasteiger partial charge in [-0.2, -0.15) is 0 Å². The molecule has 2 aromatic carbocycles. The molecule has 2 heterocycles. The second-order valence-corrected chi connectivity index (χ2v) is 9.88. The predicted octanol–water partition coefficient (Wildman–Crippen LogP) is 5.43. The molecule has 174 valence electrons. The van der Waals surface area contributed by atoms with Gasteiger partial charge in [-0.3, -0.25) is 14.4 Å². The van der Waals surface area contributed by atoms with E-state index in [9.17, 15) is 14.4 Å². The minimum atomic E-state index is -0.438. The molecule has 0 saturated carbocycles. The number of nitrogens with zero attached hydrogens (tertiary/aromatic N) is 1. The first kappa shape index (κ1) is 23.7. The number of aromatic amines is 1. The summed E-state index contributed by atoms with van der Waals surface area (Å²) in [7, 11) is 0. The molecule has 0 bridgehead atoms. The van der Waals surface area contributed by atoms with Gasteiger partial charge in [0.05, 0.1) is 10.6 Å². The van der Waals surface area contributed by atoms with E-state index in [2.05, 4.69) is 20.6 Å². The number of H-pyrrole nitrogens is 1. The summed E-state index contributed by atoms with van der Waals surface area (Å²) in [4.78, 5) is 45.1. The summed E-state index contributed by atoms with van der Waals surface area (Å²) in [6.45, 7) is 5.37. The first-order chi connectivity index (χ1) is 16.3. The molecule has 2 amide bonds. The molecular weight excluding hydrogens is 468 g/mol. The van der Waals surface area contributed by atoms with Gasteiger partial charge in [-0.05, 0) is 43.2 Å². The maximum atomic E-state index is 12.9. The lowest BCUT2D eigenvalue weighted by Crippen LogP contribution is -2.25. The van der Waals surface area contributed by atoms with Crippen LogP contribution >= 0.6 is 23.1 Å². The molecule has 4 rings (SSSR count). The second kappa shape index (κ2) is 10.2. The normalized spacial score (nSPS) is 11.9. The van der Waals surface area contributed by atoms with Crippen LogP contribution in [-0.2, 0) is 9.59 Å². The van der Waals surface area contributed by atoms with Crippen LogP contribution in [0.4, 0.5) is 11.4 Å². The average Bonchev–Trinajstić information content (AvgIpc) is 3.23. The highest BCUT2D eigenvalue weighted by atomic mass is 32.2. The number of thiophene rings is 1. The number of rotatable bonds is 7. The van der Waals surface area contributed by atoms with Crippen LogP contribution in [0.2, 0.25) is 0 Å². The summed E-state index contributed by atoms with van der Waals surface area (Å²) in [5, 5.41) is 8.06. The van der Waals surface area contributed by atoms with Gasteiger partial charge in [-0.15, -0.1) is 11.3 Å². The van der Waals surface area contributed by atoms with Crippen molar-refractivity contribution in [2.45, 2.75) is 37.6 Å². The van der Waals surface area contributed by atoms with Gasteiger partial charge in [0.2, 0.25) is 11.8 Å². The van der Waals surface area contributed by atoms with Crippen molar-refractivity contribution in [3.63, 3.8) is 0 Å². The minimum Gasteiger partial charge on any atom is -0.326 e. The Hall–Kier alpha value is -3.43. The van der Waals surface area contributed by atoms with Gasteiger partial charge in [-0.25, -0.2) is 4.98 Å². The molecule has 0 aliphatic heterocycles. The molecule has 34 heavy (non-hydrogen) atoms.